The van der Waals surface area contributed by atoms with Gasteiger partial charge in [0.25, 0.3) is 0 Å². The number of benzene rings is 1. The van der Waals surface area contributed by atoms with Crippen molar-refractivity contribution in [2.24, 2.45) is 17.8 Å². The van der Waals surface area contributed by atoms with Gasteiger partial charge in [-0.05, 0) is 81.4 Å². The van der Waals surface area contributed by atoms with E-state index in [1.54, 1.807) is 0 Å². The molecule has 1 unspecified atom stereocenters. The van der Waals surface area contributed by atoms with Crippen molar-refractivity contribution in [2.75, 3.05) is 0 Å². The lowest BCUT2D eigenvalue weighted by molar-refractivity contribution is -0.163. The third-order valence-corrected chi connectivity index (χ3v) is 9.25. The SMILES string of the molecule is CCCCCC(=O)OC1Cc2c(C)c(O)c(C)c(C)c2O[C@@]1(C)CCC[C@H](C)CCC[C@@H](C)CCCC(C)C. The van der Waals surface area contributed by atoms with Gasteiger partial charge in [0.1, 0.15) is 23.2 Å². The largest absolute Gasteiger partial charge is 0.507 e. The van der Waals surface area contributed by atoms with Crippen molar-refractivity contribution < 1.29 is 19.4 Å². The highest BCUT2D eigenvalue weighted by atomic mass is 16.6. The second-order valence-corrected chi connectivity index (χ2v) is 13.4. The van der Waals surface area contributed by atoms with Gasteiger partial charge in [-0.1, -0.05) is 92.4 Å². The monoisotopic (exact) mass is 544 g/mol. The van der Waals surface area contributed by atoms with Gasteiger partial charge in [0.2, 0.25) is 0 Å². The van der Waals surface area contributed by atoms with Crippen LogP contribution >= 0.6 is 0 Å². The average molecular weight is 545 g/mol. The van der Waals surface area contributed by atoms with E-state index in [2.05, 4.69) is 41.5 Å². The van der Waals surface area contributed by atoms with Crippen LogP contribution in [0.5, 0.6) is 11.5 Å². The number of fused-ring (bicyclic) bond motifs is 1. The number of phenolic OH excluding ortho intramolecular Hbond substituents is 1. The second-order valence-electron chi connectivity index (χ2n) is 13.4. The molecule has 0 bridgehead atoms. The van der Waals surface area contributed by atoms with E-state index in [9.17, 15) is 9.90 Å². The minimum atomic E-state index is -0.571. The van der Waals surface area contributed by atoms with Gasteiger partial charge in [0.05, 0.1) is 0 Å². The van der Waals surface area contributed by atoms with Crippen LogP contribution in [0.25, 0.3) is 0 Å². The number of carbonyl (C=O) groups excluding carboxylic acids is 1. The Balaban J connectivity index is 2.00. The smallest absolute Gasteiger partial charge is 0.306 e. The molecular weight excluding hydrogens is 484 g/mol. The topological polar surface area (TPSA) is 55.8 Å². The van der Waals surface area contributed by atoms with Crippen LogP contribution in [0.3, 0.4) is 0 Å². The van der Waals surface area contributed by atoms with Gasteiger partial charge < -0.3 is 14.6 Å². The maximum atomic E-state index is 12.8. The minimum absolute atomic E-state index is 0.131. The predicted molar refractivity (Wildman–Crippen MR) is 164 cm³/mol. The summed E-state index contributed by atoms with van der Waals surface area (Å²) < 4.78 is 12.9. The van der Waals surface area contributed by atoms with Gasteiger partial charge in [-0.2, -0.15) is 0 Å². The third-order valence-electron chi connectivity index (χ3n) is 9.25. The molecule has 0 aromatic heterocycles. The van der Waals surface area contributed by atoms with E-state index in [1.807, 2.05) is 20.8 Å². The maximum absolute atomic E-state index is 12.8. The molecule has 0 aliphatic carbocycles. The van der Waals surface area contributed by atoms with Crippen molar-refractivity contribution in [3.8, 4) is 11.5 Å². The van der Waals surface area contributed by atoms with Crippen molar-refractivity contribution in [3.05, 3.63) is 22.3 Å². The number of ether oxygens (including phenoxy) is 2. The van der Waals surface area contributed by atoms with E-state index in [1.165, 1.54) is 38.5 Å². The van der Waals surface area contributed by atoms with Gasteiger partial charge >= 0.3 is 5.97 Å². The Kier molecular flexibility index (Phi) is 13.7. The van der Waals surface area contributed by atoms with Crippen LogP contribution in [0.15, 0.2) is 0 Å². The highest BCUT2D eigenvalue weighted by Gasteiger charge is 2.44. The minimum Gasteiger partial charge on any atom is -0.507 e. The normalized spacial score (nSPS) is 20.4. The number of rotatable bonds is 17. The molecule has 0 radical (unpaired) electrons. The molecule has 1 heterocycles. The first-order valence-electron chi connectivity index (χ1n) is 16.1. The number of carbonyl (C=O) groups is 1. The number of aromatic hydroxyl groups is 1. The molecule has 1 N–H and O–H groups in total. The van der Waals surface area contributed by atoms with Crippen molar-refractivity contribution in [1.29, 1.82) is 0 Å². The first kappa shape index (κ1) is 33.5. The molecule has 0 fully saturated rings. The van der Waals surface area contributed by atoms with Crippen LogP contribution in [0.2, 0.25) is 0 Å². The quantitative estimate of drug-likeness (QED) is 0.157. The molecule has 0 saturated heterocycles. The summed E-state index contributed by atoms with van der Waals surface area (Å²) in [6.07, 6.45) is 14.7. The van der Waals surface area contributed by atoms with Crippen LogP contribution < -0.4 is 4.74 Å². The highest BCUT2D eigenvalue weighted by Crippen LogP contribution is 2.45. The first-order chi connectivity index (χ1) is 18.4. The van der Waals surface area contributed by atoms with Crippen molar-refractivity contribution in [1.82, 2.24) is 0 Å². The molecule has 0 saturated carbocycles. The lowest BCUT2D eigenvalue weighted by Gasteiger charge is -2.43. The lowest BCUT2D eigenvalue weighted by atomic mass is 9.81. The summed E-state index contributed by atoms with van der Waals surface area (Å²) in [4.78, 5) is 12.8. The molecular formula is C35H60O4. The van der Waals surface area contributed by atoms with E-state index in [0.717, 1.165) is 78.4 Å². The Bertz CT molecular complexity index is 905. The summed E-state index contributed by atoms with van der Waals surface area (Å²) >= 11 is 0. The van der Waals surface area contributed by atoms with E-state index < -0.39 is 5.60 Å². The molecule has 39 heavy (non-hydrogen) atoms. The number of hydrogen-bond acceptors (Lipinski definition) is 4. The van der Waals surface area contributed by atoms with E-state index >= 15 is 0 Å². The molecule has 4 atom stereocenters. The van der Waals surface area contributed by atoms with E-state index in [-0.39, 0.29) is 12.1 Å². The molecule has 0 spiro atoms. The van der Waals surface area contributed by atoms with E-state index in [0.29, 0.717) is 24.5 Å². The van der Waals surface area contributed by atoms with Gasteiger partial charge in [-0.15, -0.1) is 0 Å². The van der Waals surface area contributed by atoms with Crippen LogP contribution in [0, 0.1) is 38.5 Å². The Labute approximate surface area is 240 Å². The lowest BCUT2D eigenvalue weighted by Crippen LogP contribution is -2.51. The maximum Gasteiger partial charge on any atom is 0.306 e. The second kappa shape index (κ2) is 15.9. The number of unbranched alkanes of at least 4 members (excludes halogenated alkanes) is 2. The highest BCUT2D eigenvalue weighted by molar-refractivity contribution is 5.70. The molecule has 224 valence electrons. The molecule has 1 aliphatic heterocycles. The van der Waals surface area contributed by atoms with Crippen LogP contribution in [0.1, 0.15) is 147 Å². The fourth-order valence-electron chi connectivity index (χ4n) is 6.15. The standard InChI is InChI=1S/C35H60O4/c1-10-11-12-21-32(36)38-31-23-30-29(8)33(37)27(6)28(7)34(30)39-35(31,9)22-15-20-26(5)19-14-18-25(4)17-13-16-24(2)3/h24-26,31,37H,10-23H2,1-9H3/t25-,26+,31?,35-/m0/s1. The predicted octanol–water partition coefficient (Wildman–Crippen LogP) is 9.94. The fraction of sp³-hybridized carbons (Fsp3) is 0.800. The Morgan fingerprint density at radius 2 is 1.49 bits per heavy atom. The van der Waals surface area contributed by atoms with Crippen molar-refractivity contribution in [3.63, 3.8) is 0 Å². The molecule has 1 aliphatic rings. The van der Waals surface area contributed by atoms with Gasteiger partial charge in [-0.25, -0.2) is 0 Å². The Morgan fingerprint density at radius 1 is 0.897 bits per heavy atom. The summed E-state index contributed by atoms with van der Waals surface area (Å²) in [6.45, 7) is 19.6. The van der Waals surface area contributed by atoms with Crippen LogP contribution in [-0.4, -0.2) is 22.8 Å². The molecule has 2 rings (SSSR count). The Morgan fingerprint density at radius 3 is 2.08 bits per heavy atom. The fourth-order valence-corrected chi connectivity index (χ4v) is 6.15. The summed E-state index contributed by atoms with van der Waals surface area (Å²) in [5.74, 6) is 3.40. The zero-order chi connectivity index (χ0) is 29.2. The number of esters is 1. The van der Waals surface area contributed by atoms with E-state index in [4.69, 9.17) is 9.47 Å². The number of phenols is 1. The zero-order valence-corrected chi connectivity index (χ0v) is 26.9. The summed E-state index contributed by atoms with van der Waals surface area (Å²) in [6, 6.07) is 0. The van der Waals surface area contributed by atoms with Gasteiger partial charge in [-0.3, -0.25) is 4.79 Å². The Hall–Kier alpha value is -1.71. The molecule has 4 heteroatoms. The summed E-state index contributed by atoms with van der Waals surface area (Å²) in [7, 11) is 0. The van der Waals surface area contributed by atoms with Gasteiger partial charge in [0.15, 0.2) is 0 Å². The first-order valence-corrected chi connectivity index (χ1v) is 16.1. The summed E-state index contributed by atoms with van der Waals surface area (Å²) in [5.41, 5.74) is 3.11. The van der Waals surface area contributed by atoms with Crippen molar-refractivity contribution in [2.45, 2.75) is 164 Å². The molecule has 0 amide bonds. The molecule has 4 nitrogen and oxygen atoms in total. The molecule has 1 aromatic rings. The van der Waals surface area contributed by atoms with Crippen LogP contribution in [0.4, 0.5) is 0 Å². The van der Waals surface area contributed by atoms with Crippen molar-refractivity contribution >= 4 is 5.97 Å². The average Bonchev–Trinajstić information content (AvgIpc) is 2.87. The molecule has 1 aromatic carbocycles. The zero-order valence-electron chi connectivity index (χ0n) is 26.9. The van der Waals surface area contributed by atoms with Gasteiger partial charge in [0, 0.05) is 18.4 Å². The number of hydrogen-bond donors (Lipinski definition) is 1. The van der Waals surface area contributed by atoms with Crippen LogP contribution in [-0.2, 0) is 16.0 Å². The third kappa shape index (κ3) is 10.0. The summed E-state index contributed by atoms with van der Waals surface area (Å²) in [5, 5.41) is 10.7.